The molecule has 24 heavy (non-hydrogen) atoms. The highest BCUT2D eigenvalue weighted by Gasteiger charge is 2.30. The largest absolute Gasteiger partial charge is 0.352 e. The van der Waals surface area contributed by atoms with Gasteiger partial charge in [-0.15, -0.1) is 0 Å². The first-order valence-corrected chi connectivity index (χ1v) is 10.2. The summed E-state index contributed by atoms with van der Waals surface area (Å²) in [5.41, 5.74) is 4.78. The predicted molar refractivity (Wildman–Crippen MR) is 96.3 cm³/mol. The number of hydrogen-bond donors (Lipinski definition) is 1. The third-order valence-electron chi connectivity index (χ3n) is 4.86. The lowest BCUT2D eigenvalue weighted by Gasteiger charge is -2.30. The summed E-state index contributed by atoms with van der Waals surface area (Å²) >= 11 is 0. The summed E-state index contributed by atoms with van der Waals surface area (Å²) in [6, 6.07) is 4.26. The van der Waals surface area contributed by atoms with Crippen LogP contribution in [0.5, 0.6) is 0 Å². The molecule has 1 aliphatic rings. The molecule has 1 saturated heterocycles. The van der Waals surface area contributed by atoms with Crippen molar-refractivity contribution in [2.24, 2.45) is 5.92 Å². The highest BCUT2D eigenvalue weighted by molar-refractivity contribution is 7.89. The Bertz CT molecular complexity index is 682. The Morgan fingerprint density at radius 2 is 1.71 bits per heavy atom. The first-order valence-electron chi connectivity index (χ1n) is 8.57. The molecule has 0 aromatic heterocycles. The van der Waals surface area contributed by atoms with Crippen LogP contribution < -0.4 is 5.32 Å². The molecule has 1 amide bonds. The van der Waals surface area contributed by atoms with E-state index in [-0.39, 0.29) is 17.6 Å². The van der Waals surface area contributed by atoms with Gasteiger partial charge in [-0.3, -0.25) is 4.79 Å². The number of nitrogens with zero attached hydrogens (tertiary/aromatic N) is 1. The van der Waals surface area contributed by atoms with Crippen LogP contribution in [0.25, 0.3) is 0 Å². The van der Waals surface area contributed by atoms with Crippen molar-refractivity contribution in [2.75, 3.05) is 18.8 Å². The SMILES string of the molecule is CCS(=O)(=O)N1CCC(C(=O)NCc2c(C)cc(C)cc2C)CC1. The maximum atomic E-state index is 12.4. The van der Waals surface area contributed by atoms with Crippen LogP contribution in [0.15, 0.2) is 12.1 Å². The van der Waals surface area contributed by atoms with Crippen LogP contribution >= 0.6 is 0 Å². The fourth-order valence-electron chi connectivity index (χ4n) is 3.39. The molecule has 0 radical (unpaired) electrons. The van der Waals surface area contributed by atoms with E-state index >= 15 is 0 Å². The molecule has 0 spiro atoms. The smallest absolute Gasteiger partial charge is 0.223 e. The normalized spacial score (nSPS) is 17.0. The van der Waals surface area contributed by atoms with Crippen molar-refractivity contribution >= 4 is 15.9 Å². The number of hydrogen-bond acceptors (Lipinski definition) is 3. The van der Waals surface area contributed by atoms with Gasteiger partial charge < -0.3 is 5.32 Å². The van der Waals surface area contributed by atoms with Crippen LogP contribution in [0.3, 0.4) is 0 Å². The Morgan fingerprint density at radius 3 is 2.21 bits per heavy atom. The second-order valence-corrected chi connectivity index (χ2v) is 8.93. The van der Waals surface area contributed by atoms with Crippen LogP contribution in [0.1, 0.15) is 42.0 Å². The number of carbonyl (C=O) groups is 1. The van der Waals surface area contributed by atoms with E-state index < -0.39 is 10.0 Å². The summed E-state index contributed by atoms with van der Waals surface area (Å²) in [6.45, 7) is 9.27. The van der Waals surface area contributed by atoms with E-state index in [1.54, 1.807) is 6.92 Å². The number of piperidine rings is 1. The van der Waals surface area contributed by atoms with Crippen LogP contribution in [0, 0.1) is 26.7 Å². The van der Waals surface area contributed by atoms with Gasteiger partial charge in [0.15, 0.2) is 0 Å². The van der Waals surface area contributed by atoms with Gasteiger partial charge in [0.05, 0.1) is 5.75 Å². The third kappa shape index (κ3) is 4.36. The van der Waals surface area contributed by atoms with Crippen molar-refractivity contribution in [1.82, 2.24) is 9.62 Å². The molecule has 0 saturated carbocycles. The van der Waals surface area contributed by atoms with E-state index in [0.717, 1.165) is 0 Å². The van der Waals surface area contributed by atoms with Crippen LogP contribution in [0.2, 0.25) is 0 Å². The van der Waals surface area contributed by atoms with E-state index in [9.17, 15) is 13.2 Å². The van der Waals surface area contributed by atoms with Gasteiger partial charge in [-0.2, -0.15) is 0 Å². The average molecular weight is 353 g/mol. The van der Waals surface area contributed by atoms with E-state index in [1.165, 1.54) is 26.6 Å². The number of aryl methyl sites for hydroxylation is 3. The molecule has 1 heterocycles. The molecule has 1 fully saturated rings. The third-order valence-corrected chi connectivity index (χ3v) is 6.74. The lowest BCUT2D eigenvalue weighted by Crippen LogP contribution is -2.43. The van der Waals surface area contributed by atoms with Crippen molar-refractivity contribution < 1.29 is 13.2 Å². The predicted octanol–water partition coefficient (Wildman–Crippen LogP) is 2.29. The molecule has 1 aromatic rings. The van der Waals surface area contributed by atoms with Gasteiger partial charge in [-0.1, -0.05) is 17.7 Å². The number of nitrogens with one attached hydrogen (secondary N) is 1. The Morgan fingerprint density at radius 1 is 1.17 bits per heavy atom. The van der Waals surface area contributed by atoms with E-state index in [0.29, 0.717) is 32.5 Å². The Balaban J connectivity index is 1.91. The minimum Gasteiger partial charge on any atom is -0.352 e. The monoisotopic (exact) mass is 352 g/mol. The van der Waals surface area contributed by atoms with Gasteiger partial charge in [0, 0.05) is 25.6 Å². The summed E-state index contributed by atoms with van der Waals surface area (Å²) < 4.78 is 25.2. The molecule has 5 nitrogen and oxygen atoms in total. The molecule has 0 atom stereocenters. The average Bonchev–Trinajstić information content (AvgIpc) is 2.53. The molecular weight excluding hydrogens is 324 g/mol. The van der Waals surface area contributed by atoms with Crippen molar-refractivity contribution in [3.05, 3.63) is 34.4 Å². The summed E-state index contributed by atoms with van der Waals surface area (Å²) in [5, 5.41) is 3.03. The van der Waals surface area contributed by atoms with Gasteiger partial charge >= 0.3 is 0 Å². The highest BCUT2D eigenvalue weighted by atomic mass is 32.2. The van der Waals surface area contributed by atoms with Gasteiger partial charge in [0.2, 0.25) is 15.9 Å². The lowest BCUT2D eigenvalue weighted by molar-refractivity contribution is -0.126. The molecule has 1 N–H and O–H groups in total. The van der Waals surface area contributed by atoms with Crippen LogP contribution in [0.4, 0.5) is 0 Å². The molecule has 0 bridgehead atoms. The van der Waals surface area contributed by atoms with Crippen LogP contribution in [-0.2, 0) is 21.4 Å². The maximum Gasteiger partial charge on any atom is 0.223 e. The zero-order valence-corrected chi connectivity index (χ0v) is 15.9. The molecule has 0 unspecified atom stereocenters. The van der Waals surface area contributed by atoms with Gasteiger partial charge in [0.25, 0.3) is 0 Å². The Labute approximate surface area is 145 Å². The molecule has 1 aliphatic heterocycles. The standard InChI is InChI=1S/C18H28N2O3S/c1-5-24(22,23)20-8-6-16(7-9-20)18(21)19-12-17-14(3)10-13(2)11-15(17)4/h10-11,16H,5-9,12H2,1-4H3,(H,19,21). The quantitative estimate of drug-likeness (QED) is 0.884. The van der Waals surface area contributed by atoms with Crippen LogP contribution in [-0.4, -0.2) is 37.5 Å². The molecule has 2 rings (SSSR count). The van der Waals surface area contributed by atoms with Crippen molar-refractivity contribution in [3.8, 4) is 0 Å². The van der Waals surface area contributed by atoms with Gasteiger partial charge in [0.1, 0.15) is 0 Å². The fraction of sp³-hybridized carbons (Fsp3) is 0.611. The Kier molecular flexibility index (Phi) is 6.04. The summed E-state index contributed by atoms with van der Waals surface area (Å²) in [7, 11) is -3.14. The zero-order valence-electron chi connectivity index (χ0n) is 15.1. The number of rotatable bonds is 5. The second-order valence-electron chi connectivity index (χ2n) is 6.67. The van der Waals surface area contributed by atoms with Crippen molar-refractivity contribution in [2.45, 2.75) is 47.1 Å². The summed E-state index contributed by atoms with van der Waals surface area (Å²) in [5.74, 6) is 0.0535. The zero-order chi connectivity index (χ0) is 17.9. The molecule has 6 heteroatoms. The number of amides is 1. The summed E-state index contributed by atoms with van der Waals surface area (Å²) in [6.07, 6.45) is 1.19. The maximum absolute atomic E-state index is 12.4. The minimum atomic E-state index is -3.14. The second kappa shape index (κ2) is 7.66. The molecule has 0 aliphatic carbocycles. The molecule has 134 valence electrons. The molecule has 1 aromatic carbocycles. The number of sulfonamides is 1. The van der Waals surface area contributed by atoms with E-state index in [2.05, 4.69) is 38.2 Å². The number of carbonyl (C=O) groups excluding carboxylic acids is 1. The lowest BCUT2D eigenvalue weighted by atomic mass is 9.96. The first-order chi connectivity index (χ1) is 11.2. The highest BCUT2D eigenvalue weighted by Crippen LogP contribution is 2.21. The van der Waals surface area contributed by atoms with Crippen molar-refractivity contribution in [3.63, 3.8) is 0 Å². The van der Waals surface area contributed by atoms with E-state index in [4.69, 9.17) is 0 Å². The topological polar surface area (TPSA) is 66.5 Å². The number of benzene rings is 1. The Hall–Kier alpha value is -1.40. The minimum absolute atomic E-state index is 0.0305. The van der Waals surface area contributed by atoms with Gasteiger partial charge in [-0.05, 0) is 57.2 Å². The fourth-order valence-corrected chi connectivity index (χ4v) is 4.52. The molecular formula is C18H28N2O3S. The van der Waals surface area contributed by atoms with E-state index in [1.807, 2.05) is 0 Å². The van der Waals surface area contributed by atoms with Crippen molar-refractivity contribution in [1.29, 1.82) is 0 Å². The first kappa shape index (κ1) is 18.9. The van der Waals surface area contributed by atoms with Gasteiger partial charge in [-0.25, -0.2) is 12.7 Å². The summed E-state index contributed by atoms with van der Waals surface area (Å²) in [4.78, 5) is 12.4.